The molecule has 2 atom stereocenters. The van der Waals surface area contributed by atoms with Gasteiger partial charge in [0.25, 0.3) is 0 Å². The molecule has 6 heteroatoms. The number of aromatic nitrogens is 2. The van der Waals surface area contributed by atoms with E-state index in [1.54, 1.807) is 30.1 Å². The lowest BCUT2D eigenvalue weighted by Gasteiger charge is -2.36. The molecule has 1 heterocycles. The van der Waals surface area contributed by atoms with Crippen molar-refractivity contribution in [2.45, 2.75) is 38.1 Å². The molecule has 114 valence electrons. The summed E-state index contributed by atoms with van der Waals surface area (Å²) in [6, 6.07) is 1.78. The Morgan fingerprint density at radius 3 is 2.90 bits per heavy atom. The van der Waals surface area contributed by atoms with Crippen molar-refractivity contribution in [3.63, 3.8) is 0 Å². The zero-order valence-electron chi connectivity index (χ0n) is 12.4. The molecular weight excluding hydrogens is 270 g/mol. The highest BCUT2D eigenvalue weighted by molar-refractivity contribution is 5.95. The molecule has 1 fully saturated rings. The number of carboxylic acids is 1. The van der Waals surface area contributed by atoms with Crippen molar-refractivity contribution in [1.29, 1.82) is 0 Å². The molecule has 6 nitrogen and oxygen atoms in total. The van der Waals surface area contributed by atoms with Crippen molar-refractivity contribution in [3.8, 4) is 0 Å². The van der Waals surface area contributed by atoms with E-state index in [1.165, 1.54) is 6.08 Å². The Morgan fingerprint density at radius 1 is 1.57 bits per heavy atom. The first-order chi connectivity index (χ1) is 9.93. The molecule has 0 spiro atoms. The molecule has 0 saturated heterocycles. The zero-order valence-corrected chi connectivity index (χ0v) is 12.4. The van der Waals surface area contributed by atoms with Gasteiger partial charge in [0.1, 0.15) is 5.54 Å². The summed E-state index contributed by atoms with van der Waals surface area (Å²) >= 11 is 0. The van der Waals surface area contributed by atoms with Crippen LogP contribution in [0, 0.1) is 5.92 Å². The third-order valence-corrected chi connectivity index (χ3v) is 4.03. The van der Waals surface area contributed by atoms with Crippen LogP contribution in [0.25, 0.3) is 6.08 Å². The Bertz CT molecular complexity index is 564. The van der Waals surface area contributed by atoms with Crippen LogP contribution in [-0.2, 0) is 16.6 Å². The lowest BCUT2D eigenvalue weighted by atomic mass is 9.76. The standard InChI is InChI=1S/C15H21N3O3/c1-11-4-3-8-15(10-11,14(20)21)17-13(19)6-5-12-7-9-16-18(12)2/h5-7,9,11H,3-4,8,10H2,1-2H3,(H,17,19)(H,20,21)/b6-5+. The maximum absolute atomic E-state index is 12.0. The van der Waals surface area contributed by atoms with Crippen LogP contribution in [0.2, 0.25) is 0 Å². The Kier molecular flexibility index (Phi) is 4.45. The summed E-state index contributed by atoms with van der Waals surface area (Å²) in [4.78, 5) is 23.6. The van der Waals surface area contributed by atoms with Gasteiger partial charge in [-0.15, -0.1) is 0 Å². The van der Waals surface area contributed by atoms with Gasteiger partial charge in [0, 0.05) is 19.3 Å². The summed E-state index contributed by atoms with van der Waals surface area (Å²) in [5, 5.41) is 16.2. The van der Waals surface area contributed by atoms with E-state index in [2.05, 4.69) is 10.4 Å². The van der Waals surface area contributed by atoms with Crippen molar-refractivity contribution in [2.24, 2.45) is 13.0 Å². The maximum atomic E-state index is 12.0. The first-order valence-electron chi connectivity index (χ1n) is 7.14. The SMILES string of the molecule is CC1CCCC(NC(=O)/C=C/c2ccnn2C)(C(=O)O)C1. The normalized spacial score (nSPS) is 25.9. The van der Waals surface area contributed by atoms with Crippen LogP contribution in [0.4, 0.5) is 0 Å². The molecule has 1 aromatic rings. The molecular formula is C15H21N3O3. The van der Waals surface area contributed by atoms with E-state index in [0.717, 1.165) is 18.5 Å². The van der Waals surface area contributed by atoms with Crippen LogP contribution in [0.5, 0.6) is 0 Å². The monoisotopic (exact) mass is 291 g/mol. The van der Waals surface area contributed by atoms with E-state index < -0.39 is 11.5 Å². The smallest absolute Gasteiger partial charge is 0.329 e. The highest BCUT2D eigenvalue weighted by Crippen LogP contribution is 2.32. The quantitative estimate of drug-likeness (QED) is 0.825. The van der Waals surface area contributed by atoms with Crippen LogP contribution in [0.1, 0.15) is 38.3 Å². The molecule has 2 unspecified atom stereocenters. The second-order valence-electron chi connectivity index (χ2n) is 5.79. The van der Waals surface area contributed by atoms with Gasteiger partial charge in [-0.1, -0.05) is 19.8 Å². The molecule has 1 amide bonds. The van der Waals surface area contributed by atoms with Crippen LogP contribution in [0.3, 0.4) is 0 Å². The third kappa shape index (κ3) is 3.51. The number of carbonyl (C=O) groups is 2. The predicted molar refractivity (Wildman–Crippen MR) is 78.4 cm³/mol. The molecule has 1 aliphatic carbocycles. The third-order valence-electron chi connectivity index (χ3n) is 4.03. The minimum atomic E-state index is -1.13. The number of nitrogens with one attached hydrogen (secondary N) is 1. The van der Waals surface area contributed by atoms with Crippen LogP contribution >= 0.6 is 0 Å². The molecule has 1 saturated carbocycles. The molecule has 0 aromatic carbocycles. The topological polar surface area (TPSA) is 84.2 Å². The van der Waals surface area contributed by atoms with E-state index in [-0.39, 0.29) is 5.91 Å². The minimum Gasteiger partial charge on any atom is -0.480 e. The number of hydrogen-bond acceptors (Lipinski definition) is 3. The number of aryl methyl sites for hydroxylation is 1. The lowest BCUT2D eigenvalue weighted by Crippen LogP contribution is -2.56. The van der Waals surface area contributed by atoms with E-state index >= 15 is 0 Å². The number of carbonyl (C=O) groups excluding carboxylic acids is 1. The fraction of sp³-hybridized carbons (Fsp3) is 0.533. The Balaban J connectivity index is 2.07. The number of nitrogens with zero attached hydrogens (tertiary/aromatic N) is 2. The van der Waals surface area contributed by atoms with Gasteiger partial charge in [0.2, 0.25) is 5.91 Å². The molecule has 1 aromatic heterocycles. The van der Waals surface area contributed by atoms with E-state index in [0.29, 0.717) is 18.8 Å². The summed E-state index contributed by atoms with van der Waals surface area (Å²) in [5.74, 6) is -1.03. The van der Waals surface area contributed by atoms with Crippen molar-refractivity contribution < 1.29 is 14.7 Å². The highest BCUT2D eigenvalue weighted by Gasteiger charge is 2.42. The average molecular weight is 291 g/mol. The Labute approximate surface area is 123 Å². The highest BCUT2D eigenvalue weighted by atomic mass is 16.4. The first kappa shape index (κ1) is 15.3. The zero-order chi connectivity index (χ0) is 15.5. The van der Waals surface area contributed by atoms with Gasteiger partial charge in [-0.2, -0.15) is 5.10 Å². The second-order valence-corrected chi connectivity index (χ2v) is 5.79. The summed E-state index contributed by atoms with van der Waals surface area (Å²) in [6.07, 6.45) is 7.42. The Morgan fingerprint density at radius 2 is 2.33 bits per heavy atom. The van der Waals surface area contributed by atoms with Gasteiger partial charge in [-0.3, -0.25) is 9.48 Å². The predicted octanol–water partition coefficient (Wildman–Crippen LogP) is 1.58. The molecule has 0 radical (unpaired) electrons. The maximum Gasteiger partial charge on any atom is 0.329 e. The van der Waals surface area contributed by atoms with E-state index in [9.17, 15) is 14.7 Å². The van der Waals surface area contributed by atoms with Crippen LogP contribution in [0.15, 0.2) is 18.3 Å². The van der Waals surface area contributed by atoms with Crippen molar-refractivity contribution in [1.82, 2.24) is 15.1 Å². The second kappa shape index (κ2) is 6.11. The van der Waals surface area contributed by atoms with Crippen molar-refractivity contribution >= 4 is 18.0 Å². The molecule has 0 bridgehead atoms. The van der Waals surface area contributed by atoms with Crippen LogP contribution in [-0.4, -0.2) is 32.3 Å². The van der Waals surface area contributed by atoms with Gasteiger partial charge >= 0.3 is 5.97 Å². The summed E-state index contributed by atoms with van der Waals surface area (Å²) in [7, 11) is 1.78. The van der Waals surface area contributed by atoms with Gasteiger partial charge in [-0.25, -0.2) is 4.79 Å². The largest absolute Gasteiger partial charge is 0.480 e. The van der Waals surface area contributed by atoms with Crippen molar-refractivity contribution in [3.05, 3.63) is 24.0 Å². The first-order valence-corrected chi connectivity index (χ1v) is 7.14. The fourth-order valence-corrected chi connectivity index (χ4v) is 2.90. The van der Waals surface area contributed by atoms with Crippen LogP contribution < -0.4 is 5.32 Å². The number of hydrogen-bond donors (Lipinski definition) is 2. The summed E-state index contributed by atoms with van der Waals surface area (Å²) in [5.41, 5.74) is -0.350. The molecule has 2 rings (SSSR count). The van der Waals surface area contributed by atoms with Crippen molar-refractivity contribution in [2.75, 3.05) is 0 Å². The lowest BCUT2D eigenvalue weighted by molar-refractivity contribution is -0.149. The van der Waals surface area contributed by atoms with E-state index in [4.69, 9.17) is 0 Å². The summed E-state index contributed by atoms with van der Waals surface area (Å²) < 4.78 is 1.64. The van der Waals surface area contributed by atoms with Gasteiger partial charge in [0.15, 0.2) is 0 Å². The molecule has 0 aliphatic heterocycles. The average Bonchev–Trinajstić information content (AvgIpc) is 2.82. The summed E-state index contributed by atoms with van der Waals surface area (Å²) in [6.45, 7) is 2.02. The van der Waals surface area contributed by atoms with Gasteiger partial charge in [0.05, 0.1) is 5.69 Å². The molecule has 1 aliphatic rings. The minimum absolute atomic E-state index is 0.302. The number of aliphatic carboxylic acids is 1. The molecule has 2 N–H and O–H groups in total. The number of rotatable bonds is 4. The van der Waals surface area contributed by atoms with Gasteiger partial charge in [-0.05, 0) is 30.9 Å². The fourth-order valence-electron chi connectivity index (χ4n) is 2.90. The number of carboxylic acid groups (broad SMARTS) is 1. The van der Waals surface area contributed by atoms with E-state index in [1.807, 2.05) is 6.92 Å². The number of amides is 1. The Hall–Kier alpha value is -2.11. The molecule has 21 heavy (non-hydrogen) atoms. The van der Waals surface area contributed by atoms with Gasteiger partial charge < -0.3 is 10.4 Å².